The van der Waals surface area contributed by atoms with Gasteiger partial charge in [-0.05, 0) is 29.2 Å². The number of nitrogens with zero attached hydrogens (tertiary/aromatic N) is 1. The third-order valence-corrected chi connectivity index (χ3v) is 5.94. The van der Waals surface area contributed by atoms with Crippen molar-refractivity contribution in [1.29, 1.82) is 0 Å². The average Bonchev–Trinajstić information content (AvgIpc) is 2.51. The quantitative estimate of drug-likeness (QED) is 0.754. The summed E-state index contributed by atoms with van der Waals surface area (Å²) in [5.74, 6) is 0. The molecule has 0 radical (unpaired) electrons. The Morgan fingerprint density at radius 1 is 1.08 bits per heavy atom. The predicted molar refractivity (Wildman–Crippen MR) is 99.8 cm³/mol. The topological polar surface area (TPSA) is 74.7 Å². The molecular formula is C18H20BrNO4S. The van der Waals surface area contributed by atoms with Crippen molar-refractivity contribution in [2.45, 2.75) is 31.7 Å². The summed E-state index contributed by atoms with van der Waals surface area (Å²) in [5, 5.41) is 9.77. The number of carboxylic acid groups (broad SMARTS) is 1. The maximum atomic E-state index is 13.1. The zero-order valence-corrected chi connectivity index (χ0v) is 16.6. The summed E-state index contributed by atoms with van der Waals surface area (Å²) in [6, 6.07) is 14.0. The molecule has 0 aromatic heterocycles. The second kappa shape index (κ2) is 7.17. The summed E-state index contributed by atoms with van der Waals surface area (Å²) in [4.78, 5) is 11.9. The van der Waals surface area contributed by atoms with Crippen LogP contribution < -0.4 is 0 Å². The van der Waals surface area contributed by atoms with Gasteiger partial charge in [-0.15, -0.1) is 0 Å². The van der Waals surface area contributed by atoms with Gasteiger partial charge in [-0.25, -0.2) is 13.2 Å². The van der Waals surface area contributed by atoms with Gasteiger partial charge in [0.2, 0.25) is 0 Å². The van der Waals surface area contributed by atoms with Crippen LogP contribution in [0.15, 0.2) is 64.0 Å². The minimum absolute atomic E-state index is 0.0746. The molecule has 2 rings (SSSR count). The molecule has 5 nitrogen and oxygen atoms in total. The first-order valence-corrected chi connectivity index (χ1v) is 9.86. The lowest BCUT2D eigenvalue weighted by Gasteiger charge is -2.38. The number of carbonyl (C=O) groups is 1. The molecule has 2 aromatic carbocycles. The molecule has 1 unspecified atom stereocenters. The number of rotatable bonds is 4. The summed E-state index contributed by atoms with van der Waals surface area (Å²) in [6.07, 6.45) is -1.51. The standard InChI is InChI=1S/C18H20BrNO4S/c1-18(2,3)16(13-8-5-4-6-9-13)20(17(21)22)25(23,24)15-11-7-10-14(19)12-15/h4-12,16H,1-3H3,(H,21,22). The lowest BCUT2D eigenvalue weighted by Crippen LogP contribution is -2.44. The third-order valence-electron chi connectivity index (χ3n) is 3.71. The summed E-state index contributed by atoms with van der Waals surface area (Å²) in [6.45, 7) is 5.45. The van der Waals surface area contributed by atoms with Gasteiger partial charge in [0.05, 0.1) is 10.9 Å². The van der Waals surface area contributed by atoms with Crippen molar-refractivity contribution in [2.75, 3.05) is 0 Å². The van der Waals surface area contributed by atoms with Crippen LogP contribution in [0.3, 0.4) is 0 Å². The van der Waals surface area contributed by atoms with E-state index in [2.05, 4.69) is 15.9 Å². The maximum Gasteiger partial charge on any atom is 0.421 e. The van der Waals surface area contributed by atoms with E-state index in [1.807, 2.05) is 20.8 Å². The lowest BCUT2D eigenvalue weighted by molar-refractivity contribution is 0.129. The molecule has 25 heavy (non-hydrogen) atoms. The third kappa shape index (κ3) is 4.22. The Morgan fingerprint density at radius 3 is 2.16 bits per heavy atom. The van der Waals surface area contributed by atoms with Crippen LogP contribution in [0.25, 0.3) is 0 Å². The van der Waals surface area contributed by atoms with Gasteiger partial charge in [0.1, 0.15) is 0 Å². The van der Waals surface area contributed by atoms with Crippen molar-refractivity contribution >= 4 is 32.0 Å². The van der Waals surface area contributed by atoms with E-state index in [0.717, 1.165) is 0 Å². The summed E-state index contributed by atoms with van der Waals surface area (Å²) in [7, 11) is -4.25. The normalized spacial score (nSPS) is 13.3. The van der Waals surface area contributed by atoms with E-state index in [-0.39, 0.29) is 4.90 Å². The number of halogens is 1. The molecule has 1 amide bonds. The molecular weight excluding hydrogens is 406 g/mol. The Balaban J connectivity index is 2.68. The first-order valence-electron chi connectivity index (χ1n) is 7.63. The highest BCUT2D eigenvalue weighted by Crippen LogP contribution is 2.41. The molecule has 0 aliphatic carbocycles. The van der Waals surface area contributed by atoms with Gasteiger partial charge in [-0.2, -0.15) is 4.31 Å². The van der Waals surface area contributed by atoms with E-state index < -0.39 is 27.6 Å². The van der Waals surface area contributed by atoms with E-state index in [4.69, 9.17) is 0 Å². The first kappa shape index (κ1) is 19.5. The highest BCUT2D eigenvalue weighted by atomic mass is 79.9. The Labute approximate surface area is 156 Å². The van der Waals surface area contributed by atoms with Gasteiger partial charge in [-0.1, -0.05) is 73.1 Å². The van der Waals surface area contributed by atoms with Crippen LogP contribution in [0.4, 0.5) is 4.79 Å². The largest absolute Gasteiger partial charge is 0.464 e. The SMILES string of the molecule is CC(C)(C)C(c1ccccc1)N(C(=O)O)S(=O)(=O)c1cccc(Br)c1. The minimum atomic E-state index is -4.25. The monoisotopic (exact) mass is 425 g/mol. The molecule has 0 aliphatic heterocycles. The molecule has 0 aliphatic rings. The van der Waals surface area contributed by atoms with E-state index in [9.17, 15) is 18.3 Å². The van der Waals surface area contributed by atoms with E-state index in [1.165, 1.54) is 12.1 Å². The molecule has 0 saturated heterocycles. The maximum absolute atomic E-state index is 13.1. The second-order valence-corrected chi connectivity index (χ2v) is 9.45. The Kier molecular flexibility index (Phi) is 5.58. The molecule has 0 saturated carbocycles. The number of benzene rings is 2. The van der Waals surface area contributed by atoms with Crippen molar-refractivity contribution in [2.24, 2.45) is 5.41 Å². The molecule has 0 bridgehead atoms. The summed E-state index contributed by atoms with van der Waals surface area (Å²) >= 11 is 3.23. The van der Waals surface area contributed by atoms with Crippen LogP contribution in [-0.4, -0.2) is 23.9 Å². The van der Waals surface area contributed by atoms with Crippen LogP contribution in [0.2, 0.25) is 0 Å². The minimum Gasteiger partial charge on any atom is -0.464 e. The van der Waals surface area contributed by atoms with Crippen molar-refractivity contribution in [1.82, 2.24) is 4.31 Å². The van der Waals surface area contributed by atoms with Crippen molar-refractivity contribution in [3.8, 4) is 0 Å². The predicted octanol–water partition coefficient (Wildman–Crippen LogP) is 4.91. The fraction of sp³-hybridized carbons (Fsp3) is 0.278. The molecule has 0 spiro atoms. The summed E-state index contributed by atoms with van der Waals surface area (Å²) in [5.41, 5.74) is -0.0188. The van der Waals surface area contributed by atoms with Crippen LogP contribution >= 0.6 is 15.9 Å². The zero-order chi connectivity index (χ0) is 18.8. The second-order valence-electron chi connectivity index (χ2n) is 6.72. The van der Waals surface area contributed by atoms with E-state index in [0.29, 0.717) is 14.3 Å². The van der Waals surface area contributed by atoms with E-state index in [1.54, 1.807) is 42.5 Å². The molecule has 134 valence electrons. The molecule has 7 heteroatoms. The molecule has 0 fully saturated rings. The van der Waals surface area contributed by atoms with Crippen LogP contribution in [0, 0.1) is 5.41 Å². The Bertz CT molecular complexity index is 860. The summed E-state index contributed by atoms with van der Waals surface area (Å²) < 4.78 is 27.3. The number of amides is 1. The molecule has 2 aromatic rings. The smallest absolute Gasteiger partial charge is 0.421 e. The van der Waals surface area contributed by atoms with Crippen LogP contribution in [-0.2, 0) is 10.0 Å². The van der Waals surface area contributed by atoms with Gasteiger partial charge in [-0.3, -0.25) is 0 Å². The number of hydrogen-bond donors (Lipinski definition) is 1. The highest BCUT2D eigenvalue weighted by molar-refractivity contribution is 9.10. The average molecular weight is 426 g/mol. The van der Waals surface area contributed by atoms with Gasteiger partial charge in [0.25, 0.3) is 10.0 Å². The Hall–Kier alpha value is -1.86. The van der Waals surface area contributed by atoms with Crippen LogP contribution in [0.5, 0.6) is 0 Å². The van der Waals surface area contributed by atoms with E-state index >= 15 is 0 Å². The number of hydrogen-bond acceptors (Lipinski definition) is 3. The highest BCUT2D eigenvalue weighted by Gasteiger charge is 2.42. The van der Waals surface area contributed by atoms with Gasteiger partial charge >= 0.3 is 6.09 Å². The van der Waals surface area contributed by atoms with Gasteiger partial charge < -0.3 is 5.11 Å². The fourth-order valence-corrected chi connectivity index (χ4v) is 4.94. The van der Waals surface area contributed by atoms with Gasteiger partial charge in [0.15, 0.2) is 0 Å². The molecule has 0 heterocycles. The number of sulfonamides is 1. The van der Waals surface area contributed by atoms with Crippen LogP contribution in [0.1, 0.15) is 32.4 Å². The lowest BCUT2D eigenvalue weighted by atomic mass is 9.82. The van der Waals surface area contributed by atoms with Crippen molar-refractivity contribution < 1.29 is 18.3 Å². The van der Waals surface area contributed by atoms with Gasteiger partial charge in [0, 0.05) is 4.47 Å². The fourth-order valence-electron chi connectivity index (χ4n) is 2.72. The zero-order valence-electron chi connectivity index (χ0n) is 14.2. The molecule has 1 N–H and O–H groups in total. The molecule has 1 atom stereocenters. The Morgan fingerprint density at radius 2 is 1.68 bits per heavy atom. The first-order chi connectivity index (χ1) is 11.5. The van der Waals surface area contributed by atoms with Crippen molar-refractivity contribution in [3.05, 3.63) is 64.6 Å². The van der Waals surface area contributed by atoms with Crippen molar-refractivity contribution in [3.63, 3.8) is 0 Å².